The Morgan fingerprint density at radius 2 is 1.81 bits per heavy atom. The molecule has 0 atom stereocenters. The van der Waals surface area contributed by atoms with Crippen molar-refractivity contribution in [3.05, 3.63) is 53.7 Å². The number of hydrogen-bond acceptors (Lipinski definition) is 6. The molecule has 37 heavy (non-hydrogen) atoms. The minimum atomic E-state index is -0.865. The Kier molecular flexibility index (Phi) is 7.63. The van der Waals surface area contributed by atoms with Crippen LogP contribution in [0.5, 0.6) is 0 Å². The molecular weight excluding hydrogens is 472 g/mol. The van der Waals surface area contributed by atoms with E-state index in [0.717, 1.165) is 43.6 Å². The lowest BCUT2D eigenvalue weighted by molar-refractivity contribution is 0.436. The molecule has 0 spiro atoms. The van der Waals surface area contributed by atoms with E-state index in [1.54, 1.807) is 6.07 Å². The van der Waals surface area contributed by atoms with Gasteiger partial charge in [-0.25, -0.2) is 23.7 Å². The van der Waals surface area contributed by atoms with Gasteiger partial charge in [-0.05, 0) is 43.4 Å². The molecule has 3 aromatic rings. The number of anilines is 2. The van der Waals surface area contributed by atoms with Gasteiger partial charge in [0.1, 0.15) is 29.6 Å². The Bertz CT molecular complexity index is 1270. The van der Waals surface area contributed by atoms with E-state index in [9.17, 15) is 14.0 Å². The third-order valence-electron chi connectivity index (χ3n) is 7.89. The molecule has 0 unspecified atom stereocenters. The second kappa shape index (κ2) is 11.2. The van der Waals surface area contributed by atoms with Gasteiger partial charge in [0.2, 0.25) is 0 Å². The number of aromatic nitrogens is 4. The molecule has 2 aromatic heterocycles. The fourth-order valence-electron chi connectivity index (χ4n) is 5.83. The number of nitriles is 1. The summed E-state index contributed by atoms with van der Waals surface area (Å²) >= 11 is 0. The van der Waals surface area contributed by atoms with Crippen LogP contribution in [0.4, 0.5) is 20.4 Å². The lowest BCUT2D eigenvalue weighted by Gasteiger charge is -2.33. The first kappa shape index (κ1) is 25.1. The van der Waals surface area contributed by atoms with Crippen LogP contribution in [0.15, 0.2) is 30.7 Å². The van der Waals surface area contributed by atoms with E-state index in [1.165, 1.54) is 50.9 Å². The summed E-state index contributed by atoms with van der Waals surface area (Å²) in [6, 6.07) is 6.09. The predicted octanol–water partition coefficient (Wildman–Crippen LogP) is 5.82. The second-order valence-corrected chi connectivity index (χ2v) is 10.3. The molecule has 5 rings (SSSR count). The molecule has 0 radical (unpaired) electrons. The van der Waals surface area contributed by atoms with E-state index in [0.29, 0.717) is 35.7 Å². The number of aryl methyl sites for hydroxylation is 1. The normalized spacial score (nSPS) is 16.8. The highest BCUT2D eigenvalue weighted by Gasteiger charge is 2.28. The van der Waals surface area contributed by atoms with Gasteiger partial charge in [0.15, 0.2) is 17.5 Å². The van der Waals surface area contributed by atoms with E-state index >= 15 is 0 Å². The van der Waals surface area contributed by atoms with Gasteiger partial charge in [-0.15, -0.1) is 0 Å². The molecule has 1 aromatic carbocycles. The molecule has 1 saturated carbocycles. The Morgan fingerprint density at radius 1 is 1.03 bits per heavy atom. The summed E-state index contributed by atoms with van der Waals surface area (Å²) in [5.74, 6) is 1.13. The molecule has 2 fully saturated rings. The van der Waals surface area contributed by atoms with Gasteiger partial charge in [-0.3, -0.25) is 0 Å². The fourth-order valence-corrected chi connectivity index (χ4v) is 5.83. The molecule has 2 N–H and O–H groups in total. The van der Waals surface area contributed by atoms with Crippen LogP contribution in [0.3, 0.4) is 0 Å². The minimum absolute atomic E-state index is 0.193. The zero-order valence-electron chi connectivity index (χ0n) is 21.0. The van der Waals surface area contributed by atoms with Crippen molar-refractivity contribution in [1.29, 1.82) is 5.26 Å². The third-order valence-corrected chi connectivity index (χ3v) is 7.89. The standard InChI is InChI=1S/C28H33F2N7/c29-23-9-8-21(15-24(23)30)25-17-37(12-4-3-7-19-5-1-2-6-19)27(35-25)20-10-13-36(14-11-20)28-22(16-31)26(32)33-18-34-28/h8-9,15,17-20H,1-7,10-14H2,(H2,32,33,34). The number of piperidine rings is 1. The molecule has 3 heterocycles. The number of hydrogen-bond donors (Lipinski definition) is 1. The number of imidazole rings is 1. The van der Waals surface area contributed by atoms with E-state index in [-0.39, 0.29) is 11.7 Å². The first-order valence-corrected chi connectivity index (χ1v) is 13.3. The van der Waals surface area contributed by atoms with Crippen molar-refractivity contribution in [3.8, 4) is 17.3 Å². The Balaban J connectivity index is 1.32. The molecule has 7 nitrogen and oxygen atoms in total. The molecule has 2 aliphatic rings. The van der Waals surface area contributed by atoms with Crippen molar-refractivity contribution in [2.24, 2.45) is 5.92 Å². The maximum absolute atomic E-state index is 14.0. The van der Waals surface area contributed by atoms with Gasteiger partial charge in [0.05, 0.1) is 5.69 Å². The molecular formula is C28H33F2N7. The topological polar surface area (TPSA) is 96.7 Å². The average Bonchev–Trinajstić information content (AvgIpc) is 3.58. The Labute approximate surface area is 216 Å². The predicted molar refractivity (Wildman–Crippen MR) is 139 cm³/mol. The van der Waals surface area contributed by atoms with Gasteiger partial charge in [-0.2, -0.15) is 5.26 Å². The average molecular weight is 506 g/mol. The smallest absolute Gasteiger partial charge is 0.159 e. The summed E-state index contributed by atoms with van der Waals surface area (Å²) in [6.45, 7) is 2.29. The SMILES string of the molecule is N#Cc1c(N)ncnc1N1CCC(c2nc(-c3ccc(F)c(F)c3)cn2CCCCC2CCCC2)CC1. The number of unbranched alkanes of at least 4 members (excludes halogenated alkanes) is 1. The van der Waals surface area contributed by atoms with Crippen LogP contribution in [-0.2, 0) is 6.54 Å². The van der Waals surface area contributed by atoms with E-state index < -0.39 is 11.6 Å². The summed E-state index contributed by atoms with van der Waals surface area (Å²) in [6.07, 6.45) is 14.1. The number of halogens is 2. The van der Waals surface area contributed by atoms with Gasteiger partial charge < -0.3 is 15.2 Å². The lowest BCUT2D eigenvalue weighted by atomic mass is 9.95. The minimum Gasteiger partial charge on any atom is -0.382 e. The van der Waals surface area contributed by atoms with Crippen molar-refractivity contribution in [2.45, 2.75) is 70.3 Å². The summed E-state index contributed by atoms with van der Waals surface area (Å²) in [5, 5.41) is 9.52. The van der Waals surface area contributed by atoms with Crippen LogP contribution in [0.25, 0.3) is 11.3 Å². The van der Waals surface area contributed by atoms with Crippen molar-refractivity contribution < 1.29 is 8.78 Å². The van der Waals surface area contributed by atoms with Crippen molar-refractivity contribution in [3.63, 3.8) is 0 Å². The summed E-state index contributed by atoms with van der Waals surface area (Å²) in [5.41, 5.74) is 7.45. The first-order valence-electron chi connectivity index (χ1n) is 13.3. The van der Waals surface area contributed by atoms with Crippen LogP contribution in [0, 0.1) is 28.9 Å². The highest BCUT2D eigenvalue weighted by Crippen LogP contribution is 2.34. The van der Waals surface area contributed by atoms with Crippen LogP contribution < -0.4 is 10.6 Å². The van der Waals surface area contributed by atoms with Crippen LogP contribution >= 0.6 is 0 Å². The molecule has 0 amide bonds. The van der Waals surface area contributed by atoms with E-state index in [4.69, 9.17) is 10.7 Å². The second-order valence-electron chi connectivity index (χ2n) is 10.3. The van der Waals surface area contributed by atoms with Crippen molar-refractivity contribution in [2.75, 3.05) is 23.7 Å². The molecule has 1 saturated heterocycles. The Morgan fingerprint density at radius 3 is 2.54 bits per heavy atom. The van der Waals surface area contributed by atoms with E-state index in [2.05, 4.69) is 25.5 Å². The van der Waals surface area contributed by atoms with Crippen LogP contribution in [-0.4, -0.2) is 32.6 Å². The molecule has 194 valence electrons. The first-order chi connectivity index (χ1) is 18.0. The van der Waals surface area contributed by atoms with Crippen molar-refractivity contribution in [1.82, 2.24) is 19.5 Å². The largest absolute Gasteiger partial charge is 0.382 e. The highest BCUT2D eigenvalue weighted by atomic mass is 19.2. The summed E-state index contributed by atoms with van der Waals surface area (Å²) < 4.78 is 29.7. The Hall–Kier alpha value is -3.54. The lowest BCUT2D eigenvalue weighted by Crippen LogP contribution is -2.35. The highest BCUT2D eigenvalue weighted by molar-refractivity contribution is 5.63. The van der Waals surface area contributed by atoms with E-state index in [1.807, 2.05) is 6.20 Å². The zero-order chi connectivity index (χ0) is 25.8. The maximum Gasteiger partial charge on any atom is 0.159 e. The van der Waals surface area contributed by atoms with Crippen LogP contribution in [0.1, 0.15) is 75.1 Å². The molecule has 1 aliphatic carbocycles. The summed E-state index contributed by atoms with van der Waals surface area (Å²) in [7, 11) is 0. The van der Waals surface area contributed by atoms with Gasteiger partial charge in [0, 0.05) is 37.3 Å². The number of rotatable bonds is 8. The van der Waals surface area contributed by atoms with Gasteiger partial charge in [-0.1, -0.05) is 38.5 Å². The van der Waals surface area contributed by atoms with Gasteiger partial charge in [0.25, 0.3) is 0 Å². The zero-order valence-corrected chi connectivity index (χ0v) is 21.0. The van der Waals surface area contributed by atoms with Crippen molar-refractivity contribution >= 4 is 11.6 Å². The number of nitrogen functional groups attached to an aromatic ring is 1. The third kappa shape index (κ3) is 5.58. The number of nitrogens with zero attached hydrogens (tertiary/aromatic N) is 6. The van der Waals surface area contributed by atoms with Crippen LogP contribution in [0.2, 0.25) is 0 Å². The molecule has 1 aliphatic heterocycles. The monoisotopic (exact) mass is 505 g/mol. The fraction of sp³-hybridized carbons (Fsp3) is 0.500. The molecule has 0 bridgehead atoms. The van der Waals surface area contributed by atoms with Gasteiger partial charge >= 0.3 is 0 Å². The number of nitrogens with two attached hydrogens (primary N) is 1. The molecule has 9 heteroatoms. The summed E-state index contributed by atoms with van der Waals surface area (Å²) in [4.78, 5) is 15.3. The maximum atomic E-state index is 14.0. The quantitative estimate of drug-likeness (QED) is 0.388. The number of benzene rings is 1.